The van der Waals surface area contributed by atoms with Crippen LogP contribution in [0.1, 0.15) is 23.5 Å². The molecule has 5 nitrogen and oxygen atoms in total. The number of ether oxygens (including phenoxy) is 1. The van der Waals surface area contributed by atoms with Gasteiger partial charge in [-0.05, 0) is 6.92 Å². The van der Waals surface area contributed by atoms with E-state index in [1.165, 1.54) is 0 Å². The molecule has 0 aromatic carbocycles. The summed E-state index contributed by atoms with van der Waals surface area (Å²) in [5.74, 6) is -0.295. The average molecular weight is 195 g/mol. The standard InChI is InChI=1S/C9H13N3O2/c1-2-14-9(13)8-5-11-6-12(8)7-3-10-4-7/h5-7,10H,2-4H2,1H3. The van der Waals surface area contributed by atoms with Gasteiger partial charge in [0.05, 0.1) is 25.2 Å². The summed E-state index contributed by atoms with van der Waals surface area (Å²) >= 11 is 0. The lowest BCUT2D eigenvalue weighted by Crippen LogP contribution is -2.44. The van der Waals surface area contributed by atoms with Crippen molar-refractivity contribution >= 4 is 5.97 Å². The van der Waals surface area contributed by atoms with Gasteiger partial charge in [0, 0.05) is 13.1 Å². The summed E-state index contributed by atoms with van der Waals surface area (Å²) in [6.07, 6.45) is 3.23. The van der Waals surface area contributed by atoms with Crippen LogP contribution in [0.5, 0.6) is 0 Å². The van der Waals surface area contributed by atoms with Gasteiger partial charge in [-0.3, -0.25) is 0 Å². The molecule has 0 radical (unpaired) electrons. The molecule has 0 saturated carbocycles. The highest BCUT2D eigenvalue weighted by Gasteiger charge is 2.23. The van der Waals surface area contributed by atoms with Crippen molar-refractivity contribution in [1.82, 2.24) is 14.9 Å². The van der Waals surface area contributed by atoms with E-state index in [9.17, 15) is 4.79 Å². The number of esters is 1. The molecule has 1 aromatic heterocycles. The zero-order valence-electron chi connectivity index (χ0n) is 8.06. The predicted octanol–water partition coefficient (Wildman–Crippen LogP) is 0.204. The number of carbonyl (C=O) groups excluding carboxylic acids is 1. The van der Waals surface area contributed by atoms with Crippen LogP contribution in [-0.2, 0) is 4.74 Å². The molecule has 1 aromatic rings. The van der Waals surface area contributed by atoms with Crippen molar-refractivity contribution in [2.45, 2.75) is 13.0 Å². The first-order valence-corrected chi connectivity index (χ1v) is 4.72. The normalized spacial score (nSPS) is 16.4. The van der Waals surface area contributed by atoms with Crippen molar-refractivity contribution in [2.24, 2.45) is 0 Å². The lowest BCUT2D eigenvalue weighted by Gasteiger charge is -2.29. The summed E-state index contributed by atoms with van der Waals surface area (Å²) in [4.78, 5) is 15.4. The van der Waals surface area contributed by atoms with Crippen LogP contribution in [0.2, 0.25) is 0 Å². The van der Waals surface area contributed by atoms with Gasteiger partial charge in [0.1, 0.15) is 5.69 Å². The van der Waals surface area contributed by atoms with Gasteiger partial charge in [-0.1, -0.05) is 0 Å². The Bertz CT molecular complexity index is 331. The molecule has 1 aliphatic heterocycles. The zero-order chi connectivity index (χ0) is 9.97. The van der Waals surface area contributed by atoms with Gasteiger partial charge < -0.3 is 14.6 Å². The smallest absolute Gasteiger partial charge is 0.356 e. The SMILES string of the molecule is CCOC(=O)c1cncn1C1CNC1. The third kappa shape index (κ3) is 1.50. The minimum absolute atomic E-state index is 0.295. The Kier molecular flexibility index (Phi) is 2.49. The van der Waals surface area contributed by atoms with Crippen molar-refractivity contribution < 1.29 is 9.53 Å². The minimum atomic E-state index is -0.295. The van der Waals surface area contributed by atoms with E-state index >= 15 is 0 Å². The molecular weight excluding hydrogens is 182 g/mol. The van der Waals surface area contributed by atoms with E-state index in [-0.39, 0.29) is 5.97 Å². The zero-order valence-corrected chi connectivity index (χ0v) is 8.06. The van der Waals surface area contributed by atoms with Gasteiger partial charge in [-0.25, -0.2) is 9.78 Å². The van der Waals surface area contributed by atoms with Crippen LogP contribution in [0.25, 0.3) is 0 Å². The average Bonchev–Trinajstić information content (AvgIpc) is 2.50. The molecule has 1 aliphatic rings. The highest BCUT2D eigenvalue weighted by atomic mass is 16.5. The minimum Gasteiger partial charge on any atom is -0.461 e. The number of nitrogens with one attached hydrogen (secondary N) is 1. The maximum absolute atomic E-state index is 11.5. The van der Waals surface area contributed by atoms with Gasteiger partial charge >= 0.3 is 5.97 Å². The summed E-state index contributed by atoms with van der Waals surface area (Å²) in [7, 11) is 0. The van der Waals surface area contributed by atoms with E-state index in [1.807, 2.05) is 4.57 Å². The number of carbonyl (C=O) groups is 1. The van der Waals surface area contributed by atoms with Crippen LogP contribution in [0.3, 0.4) is 0 Å². The number of imidazole rings is 1. The van der Waals surface area contributed by atoms with Crippen molar-refractivity contribution in [2.75, 3.05) is 19.7 Å². The molecule has 0 aliphatic carbocycles. The van der Waals surface area contributed by atoms with E-state index in [4.69, 9.17) is 4.74 Å². The Morgan fingerprint density at radius 2 is 2.57 bits per heavy atom. The fourth-order valence-electron chi connectivity index (χ4n) is 1.43. The second-order valence-electron chi connectivity index (χ2n) is 3.22. The molecule has 76 valence electrons. The summed E-state index contributed by atoms with van der Waals surface area (Å²) in [5.41, 5.74) is 0.540. The van der Waals surface area contributed by atoms with Gasteiger partial charge in [0.25, 0.3) is 0 Å². The monoisotopic (exact) mass is 195 g/mol. The fraction of sp³-hybridized carbons (Fsp3) is 0.556. The Morgan fingerprint density at radius 3 is 3.14 bits per heavy atom. The van der Waals surface area contributed by atoms with Crippen LogP contribution in [0.4, 0.5) is 0 Å². The molecule has 0 spiro atoms. The van der Waals surface area contributed by atoms with E-state index in [2.05, 4.69) is 10.3 Å². The maximum atomic E-state index is 11.5. The summed E-state index contributed by atoms with van der Waals surface area (Å²) < 4.78 is 6.80. The topological polar surface area (TPSA) is 56.1 Å². The van der Waals surface area contributed by atoms with Crippen molar-refractivity contribution in [3.05, 3.63) is 18.2 Å². The summed E-state index contributed by atoms with van der Waals surface area (Å²) in [5, 5.41) is 3.15. The molecule has 0 amide bonds. The Morgan fingerprint density at radius 1 is 1.79 bits per heavy atom. The molecule has 0 atom stereocenters. The number of rotatable bonds is 3. The first-order chi connectivity index (χ1) is 6.83. The lowest BCUT2D eigenvalue weighted by molar-refractivity contribution is 0.0509. The Hall–Kier alpha value is -1.36. The Labute approximate surface area is 82.1 Å². The summed E-state index contributed by atoms with van der Waals surface area (Å²) in [6, 6.07) is 0.344. The van der Waals surface area contributed by atoms with E-state index < -0.39 is 0 Å². The van der Waals surface area contributed by atoms with Crippen LogP contribution < -0.4 is 5.32 Å². The lowest BCUT2D eigenvalue weighted by atomic mass is 10.2. The van der Waals surface area contributed by atoms with Crippen LogP contribution >= 0.6 is 0 Å². The first-order valence-electron chi connectivity index (χ1n) is 4.72. The van der Waals surface area contributed by atoms with Crippen molar-refractivity contribution in [3.8, 4) is 0 Å². The molecule has 1 fully saturated rings. The van der Waals surface area contributed by atoms with E-state index in [0.717, 1.165) is 13.1 Å². The Balaban J connectivity index is 2.16. The van der Waals surface area contributed by atoms with Crippen LogP contribution in [0.15, 0.2) is 12.5 Å². The first kappa shape index (κ1) is 9.21. The largest absolute Gasteiger partial charge is 0.461 e. The van der Waals surface area contributed by atoms with Gasteiger partial charge in [0.15, 0.2) is 0 Å². The number of hydrogen-bond acceptors (Lipinski definition) is 4. The third-order valence-corrected chi connectivity index (χ3v) is 2.30. The number of hydrogen-bond donors (Lipinski definition) is 1. The molecular formula is C9H13N3O2. The third-order valence-electron chi connectivity index (χ3n) is 2.30. The number of nitrogens with zero attached hydrogens (tertiary/aromatic N) is 2. The molecule has 0 bridgehead atoms. The quantitative estimate of drug-likeness (QED) is 0.700. The van der Waals surface area contributed by atoms with Gasteiger partial charge in [-0.2, -0.15) is 0 Å². The molecule has 2 heterocycles. The predicted molar refractivity (Wildman–Crippen MR) is 50.1 cm³/mol. The van der Waals surface area contributed by atoms with E-state index in [0.29, 0.717) is 18.3 Å². The molecule has 0 unspecified atom stereocenters. The molecule has 1 saturated heterocycles. The van der Waals surface area contributed by atoms with Gasteiger partial charge in [-0.15, -0.1) is 0 Å². The summed E-state index contributed by atoms with van der Waals surface area (Å²) in [6.45, 7) is 3.97. The fourth-order valence-corrected chi connectivity index (χ4v) is 1.43. The highest BCUT2D eigenvalue weighted by molar-refractivity contribution is 5.87. The number of aromatic nitrogens is 2. The maximum Gasteiger partial charge on any atom is 0.356 e. The molecule has 14 heavy (non-hydrogen) atoms. The van der Waals surface area contributed by atoms with Crippen LogP contribution in [-0.4, -0.2) is 35.2 Å². The highest BCUT2D eigenvalue weighted by Crippen LogP contribution is 2.14. The molecule has 5 heteroatoms. The van der Waals surface area contributed by atoms with Crippen LogP contribution in [0, 0.1) is 0 Å². The molecule has 1 N–H and O–H groups in total. The molecule has 2 rings (SSSR count). The second kappa shape index (κ2) is 3.79. The second-order valence-corrected chi connectivity index (χ2v) is 3.22. The van der Waals surface area contributed by atoms with Crippen molar-refractivity contribution in [1.29, 1.82) is 0 Å². The van der Waals surface area contributed by atoms with E-state index in [1.54, 1.807) is 19.4 Å². The van der Waals surface area contributed by atoms with Gasteiger partial charge in [0.2, 0.25) is 0 Å². The van der Waals surface area contributed by atoms with Crippen molar-refractivity contribution in [3.63, 3.8) is 0 Å².